The zero-order valence-electron chi connectivity index (χ0n) is 10.5. The minimum Gasteiger partial charge on any atom is -0.0933 e. The summed E-state index contributed by atoms with van der Waals surface area (Å²) in [6.45, 7) is 14.4. The first-order valence-electron chi connectivity index (χ1n) is 5.56. The molecule has 0 radical (unpaired) electrons. The van der Waals surface area contributed by atoms with Gasteiger partial charge >= 0.3 is 0 Å². The van der Waals surface area contributed by atoms with Gasteiger partial charge in [0.15, 0.2) is 0 Å². The minimum atomic E-state index is -1.45. The van der Waals surface area contributed by atoms with Gasteiger partial charge in [0.25, 0.3) is 0 Å². The minimum absolute atomic E-state index is 0.415. The van der Waals surface area contributed by atoms with Crippen LogP contribution in [0.5, 0.6) is 0 Å². The summed E-state index contributed by atoms with van der Waals surface area (Å²) < 4.78 is 0. The molecule has 0 N–H and O–H groups in total. The molecular formula is C13H24Si. The summed E-state index contributed by atoms with van der Waals surface area (Å²) in [5.41, 5.74) is 5.10. The first-order valence-corrected chi connectivity index (χ1v) is 7.72. The molecule has 80 valence electrons. The van der Waals surface area contributed by atoms with Crippen molar-refractivity contribution in [1.82, 2.24) is 0 Å². The molecule has 0 bridgehead atoms. The Kier molecular flexibility index (Phi) is 2.83. The Morgan fingerprint density at radius 1 is 0.786 bits per heavy atom. The molecule has 0 aromatic carbocycles. The van der Waals surface area contributed by atoms with E-state index in [1.165, 1.54) is 0 Å². The smallest absolute Gasteiger partial charge is 0.0933 e. The van der Waals surface area contributed by atoms with Crippen LogP contribution in [0.2, 0.25) is 10.1 Å². The highest BCUT2D eigenvalue weighted by molar-refractivity contribution is 6.93. The summed E-state index contributed by atoms with van der Waals surface area (Å²) in [5.74, 6) is 0. The van der Waals surface area contributed by atoms with Crippen LogP contribution in [0.25, 0.3) is 0 Å². The molecule has 1 heterocycles. The summed E-state index contributed by atoms with van der Waals surface area (Å²) in [6, 6.07) is 0. The first-order chi connectivity index (χ1) is 6.21. The fraction of sp³-hybridized carbons (Fsp3) is 0.692. The first kappa shape index (κ1) is 11.8. The van der Waals surface area contributed by atoms with E-state index in [4.69, 9.17) is 0 Å². The Morgan fingerprint density at radius 3 is 1.36 bits per heavy atom. The topological polar surface area (TPSA) is 0 Å². The molecule has 0 nitrogen and oxygen atoms in total. The monoisotopic (exact) mass is 208 g/mol. The van der Waals surface area contributed by atoms with E-state index >= 15 is 0 Å². The maximum atomic E-state index is 2.55. The van der Waals surface area contributed by atoms with Crippen LogP contribution in [0.4, 0.5) is 0 Å². The van der Waals surface area contributed by atoms with Crippen molar-refractivity contribution in [2.75, 3.05) is 0 Å². The van der Waals surface area contributed by atoms with Crippen molar-refractivity contribution in [2.24, 2.45) is 0 Å². The largest absolute Gasteiger partial charge is 0.112 e. The van der Waals surface area contributed by atoms with Gasteiger partial charge in [0.2, 0.25) is 0 Å². The number of rotatable bonds is 0. The maximum Gasteiger partial charge on any atom is 0.112 e. The van der Waals surface area contributed by atoms with Crippen LogP contribution in [0.15, 0.2) is 23.6 Å². The average molecular weight is 208 g/mol. The molecular weight excluding hydrogens is 184 g/mol. The van der Waals surface area contributed by atoms with Gasteiger partial charge in [-0.1, -0.05) is 65.1 Å². The van der Waals surface area contributed by atoms with Gasteiger partial charge in [0.1, 0.15) is 8.07 Å². The Balaban J connectivity index is 3.23. The van der Waals surface area contributed by atoms with E-state index in [1.807, 2.05) is 0 Å². The van der Waals surface area contributed by atoms with E-state index in [1.54, 1.807) is 0 Å². The predicted molar refractivity (Wildman–Crippen MR) is 68.1 cm³/mol. The molecule has 1 rings (SSSR count). The molecule has 0 aromatic rings. The summed E-state index contributed by atoms with van der Waals surface area (Å²) in [4.78, 5) is 0. The van der Waals surface area contributed by atoms with Crippen molar-refractivity contribution >= 4 is 8.07 Å². The van der Waals surface area contributed by atoms with Gasteiger partial charge in [-0.3, -0.25) is 0 Å². The van der Waals surface area contributed by atoms with Crippen LogP contribution >= 0.6 is 0 Å². The van der Waals surface area contributed by atoms with Crippen molar-refractivity contribution in [3.8, 4) is 0 Å². The molecule has 0 aromatic heterocycles. The fourth-order valence-electron chi connectivity index (χ4n) is 2.77. The third-order valence-electron chi connectivity index (χ3n) is 3.52. The van der Waals surface area contributed by atoms with E-state index < -0.39 is 8.07 Å². The molecule has 0 aliphatic carbocycles. The standard InChI is InChI=1S/C13H24Si/c1-12(2,3)14(13(4,5)6)10-8-7-9-11-14/h8-11H,7H2,1-6H3. The lowest BCUT2D eigenvalue weighted by molar-refractivity contribution is 0.633. The normalized spacial score (nSPS) is 21.3. The van der Waals surface area contributed by atoms with Crippen LogP contribution in [0.1, 0.15) is 48.0 Å². The summed E-state index contributed by atoms with van der Waals surface area (Å²) in [7, 11) is -1.45. The van der Waals surface area contributed by atoms with Crippen LogP contribution in [0, 0.1) is 0 Å². The Bertz CT molecular complexity index is 230. The molecule has 0 atom stereocenters. The molecule has 14 heavy (non-hydrogen) atoms. The zero-order valence-corrected chi connectivity index (χ0v) is 11.5. The molecule has 1 aliphatic heterocycles. The Hall–Kier alpha value is -0.303. The summed E-state index contributed by atoms with van der Waals surface area (Å²) >= 11 is 0. The van der Waals surface area contributed by atoms with Gasteiger partial charge in [-0.25, -0.2) is 0 Å². The van der Waals surface area contributed by atoms with E-state index in [0.29, 0.717) is 10.1 Å². The zero-order chi connectivity index (χ0) is 11.0. The lowest BCUT2D eigenvalue weighted by atomic mass is 10.2. The fourth-order valence-corrected chi connectivity index (χ4v) is 8.14. The molecule has 0 unspecified atom stereocenters. The second-order valence-corrected chi connectivity index (χ2v) is 11.8. The average Bonchev–Trinajstić information content (AvgIpc) is 2.02. The second kappa shape index (κ2) is 3.37. The van der Waals surface area contributed by atoms with Crippen LogP contribution < -0.4 is 0 Å². The summed E-state index contributed by atoms with van der Waals surface area (Å²) in [5, 5.41) is 0.831. The summed E-state index contributed by atoms with van der Waals surface area (Å²) in [6.07, 6.45) is 5.85. The Morgan fingerprint density at radius 2 is 1.14 bits per heavy atom. The highest BCUT2D eigenvalue weighted by atomic mass is 28.3. The van der Waals surface area contributed by atoms with Gasteiger partial charge in [0.05, 0.1) is 0 Å². The maximum absolute atomic E-state index is 2.55. The lowest BCUT2D eigenvalue weighted by Gasteiger charge is -2.49. The van der Waals surface area contributed by atoms with Gasteiger partial charge < -0.3 is 0 Å². The Labute approximate surface area is 90.1 Å². The molecule has 0 saturated heterocycles. The number of hydrogen-bond acceptors (Lipinski definition) is 0. The van der Waals surface area contributed by atoms with Crippen molar-refractivity contribution in [1.29, 1.82) is 0 Å². The number of hydrogen-bond donors (Lipinski definition) is 0. The van der Waals surface area contributed by atoms with Crippen molar-refractivity contribution in [3.05, 3.63) is 23.6 Å². The van der Waals surface area contributed by atoms with Gasteiger partial charge in [-0.15, -0.1) is 0 Å². The van der Waals surface area contributed by atoms with Gasteiger partial charge in [0, 0.05) is 0 Å². The molecule has 1 heteroatoms. The van der Waals surface area contributed by atoms with E-state index in [9.17, 15) is 0 Å². The molecule has 0 saturated carbocycles. The molecule has 0 amide bonds. The van der Waals surface area contributed by atoms with E-state index in [0.717, 1.165) is 6.42 Å². The molecule has 0 fully saturated rings. The van der Waals surface area contributed by atoms with E-state index in [2.05, 4.69) is 65.1 Å². The third-order valence-corrected chi connectivity index (χ3v) is 10.0. The van der Waals surface area contributed by atoms with E-state index in [-0.39, 0.29) is 0 Å². The van der Waals surface area contributed by atoms with Crippen LogP contribution in [-0.2, 0) is 0 Å². The van der Waals surface area contributed by atoms with Crippen LogP contribution in [0.3, 0.4) is 0 Å². The van der Waals surface area contributed by atoms with Crippen molar-refractivity contribution in [3.63, 3.8) is 0 Å². The quantitative estimate of drug-likeness (QED) is 0.509. The number of allylic oxidation sites excluding steroid dienone is 2. The van der Waals surface area contributed by atoms with Crippen LogP contribution in [-0.4, -0.2) is 8.07 Å². The van der Waals surface area contributed by atoms with Gasteiger partial charge in [-0.2, -0.15) is 0 Å². The second-order valence-electron chi connectivity index (χ2n) is 6.41. The predicted octanol–water partition coefficient (Wildman–Crippen LogP) is 4.63. The SMILES string of the molecule is CC(C)(C)[Si]1(C(C)(C)C)C=CCC=C1. The lowest BCUT2D eigenvalue weighted by Crippen LogP contribution is -2.49. The van der Waals surface area contributed by atoms with Crippen molar-refractivity contribution < 1.29 is 0 Å². The highest BCUT2D eigenvalue weighted by Gasteiger charge is 2.49. The third kappa shape index (κ3) is 1.74. The molecule has 1 aliphatic rings. The van der Waals surface area contributed by atoms with Gasteiger partial charge in [-0.05, 0) is 16.5 Å². The molecule has 0 spiro atoms. The van der Waals surface area contributed by atoms with Crippen molar-refractivity contribution in [2.45, 2.75) is 58.0 Å². The highest BCUT2D eigenvalue weighted by Crippen LogP contribution is 2.53.